The number of para-hydroxylation sites is 2. The van der Waals surface area contributed by atoms with Gasteiger partial charge in [-0.2, -0.15) is 0 Å². The molecule has 1 N–H and O–H groups in total. The Morgan fingerprint density at radius 3 is 2.56 bits per heavy atom. The largest absolute Gasteiger partial charge is 0.354 e. The molecule has 0 aliphatic carbocycles. The van der Waals surface area contributed by atoms with Crippen molar-refractivity contribution in [3.63, 3.8) is 0 Å². The van der Waals surface area contributed by atoms with Gasteiger partial charge in [0.15, 0.2) is 5.78 Å². The number of ketones is 1. The van der Waals surface area contributed by atoms with E-state index in [1.165, 1.54) is 0 Å². The van der Waals surface area contributed by atoms with Crippen molar-refractivity contribution in [3.05, 3.63) is 65.0 Å². The highest BCUT2D eigenvalue weighted by Crippen LogP contribution is 2.15. The lowest BCUT2D eigenvalue weighted by Crippen LogP contribution is -2.27. The molecule has 0 fully saturated rings. The van der Waals surface area contributed by atoms with Crippen LogP contribution in [0.4, 0.5) is 0 Å². The van der Waals surface area contributed by atoms with Crippen LogP contribution in [0.1, 0.15) is 40.2 Å². The van der Waals surface area contributed by atoms with E-state index in [4.69, 9.17) is 0 Å². The first-order chi connectivity index (χ1) is 13.0. The zero-order chi connectivity index (χ0) is 19.4. The summed E-state index contributed by atoms with van der Waals surface area (Å²) in [6.07, 6.45) is 0.427. The van der Waals surface area contributed by atoms with E-state index >= 15 is 0 Å². The number of amides is 1. The minimum atomic E-state index is -0.103. The lowest BCUT2D eigenvalue weighted by molar-refractivity contribution is -0.121. The standard InChI is InChI=1S/C22H25N3O2/c1-15-8-9-18(14-16(15)2)21(26)10-11-22(27)23-12-13-25-17(3)24-19-6-4-5-7-20(19)25/h4-9,14H,10-13H2,1-3H3,(H,23,27). The van der Waals surface area contributed by atoms with Crippen molar-refractivity contribution in [2.24, 2.45) is 0 Å². The number of hydrogen-bond donors (Lipinski definition) is 1. The van der Waals surface area contributed by atoms with E-state index in [2.05, 4.69) is 14.9 Å². The zero-order valence-corrected chi connectivity index (χ0v) is 16.1. The fourth-order valence-electron chi connectivity index (χ4n) is 3.16. The third-order valence-electron chi connectivity index (χ3n) is 4.91. The highest BCUT2D eigenvalue weighted by atomic mass is 16.2. The molecule has 2 aromatic carbocycles. The summed E-state index contributed by atoms with van der Waals surface area (Å²) in [6.45, 7) is 7.13. The Morgan fingerprint density at radius 2 is 1.78 bits per heavy atom. The molecule has 0 aliphatic rings. The van der Waals surface area contributed by atoms with E-state index in [1.807, 2.05) is 63.2 Å². The first-order valence-electron chi connectivity index (χ1n) is 9.24. The third-order valence-corrected chi connectivity index (χ3v) is 4.91. The molecule has 0 radical (unpaired) electrons. The second-order valence-electron chi connectivity index (χ2n) is 6.87. The predicted molar refractivity (Wildman–Crippen MR) is 107 cm³/mol. The van der Waals surface area contributed by atoms with Gasteiger partial charge < -0.3 is 9.88 Å². The van der Waals surface area contributed by atoms with E-state index in [9.17, 15) is 9.59 Å². The van der Waals surface area contributed by atoms with Crippen LogP contribution in [0, 0.1) is 20.8 Å². The molecule has 5 heteroatoms. The van der Waals surface area contributed by atoms with Crippen LogP contribution in [0.5, 0.6) is 0 Å². The van der Waals surface area contributed by atoms with Crippen LogP contribution in [-0.2, 0) is 11.3 Å². The quantitative estimate of drug-likeness (QED) is 0.651. The van der Waals surface area contributed by atoms with E-state index in [-0.39, 0.29) is 24.5 Å². The first-order valence-corrected chi connectivity index (χ1v) is 9.24. The van der Waals surface area contributed by atoms with Gasteiger partial charge in [-0.3, -0.25) is 9.59 Å². The molecule has 0 aliphatic heterocycles. The van der Waals surface area contributed by atoms with Crippen LogP contribution in [0.25, 0.3) is 11.0 Å². The van der Waals surface area contributed by atoms with Crippen molar-refractivity contribution < 1.29 is 9.59 Å². The number of aryl methyl sites for hydroxylation is 3. The number of imidazole rings is 1. The average molecular weight is 363 g/mol. The second-order valence-corrected chi connectivity index (χ2v) is 6.87. The lowest BCUT2D eigenvalue weighted by Gasteiger charge is -2.09. The summed E-state index contributed by atoms with van der Waals surface area (Å²) in [5.74, 6) is 0.828. The molecule has 1 amide bonds. The maximum atomic E-state index is 12.3. The summed E-state index contributed by atoms with van der Waals surface area (Å²) in [5.41, 5.74) is 4.95. The first kappa shape index (κ1) is 18.8. The Balaban J connectivity index is 1.49. The van der Waals surface area contributed by atoms with Crippen molar-refractivity contribution in [2.45, 2.75) is 40.2 Å². The molecule has 3 rings (SSSR count). The molecule has 0 unspecified atom stereocenters. The van der Waals surface area contributed by atoms with Gasteiger partial charge in [0.2, 0.25) is 5.91 Å². The van der Waals surface area contributed by atoms with Gasteiger partial charge in [0, 0.05) is 31.5 Å². The van der Waals surface area contributed by atoms with Crippen LogP contribution < -0.4 is 5.32 Å². The lowest BCUT2D eigenvalue weighted by atomic mass is 10.0. The van der Waals surface area contributed by atoms with E-state index in [0.717, 1.165) is 28.0 Å². The summed E-state index contributed by atoms with van der Waals surface area (Å²) < 4.78 is 2.09. The summed E-state index contributed by atoms with van der Waals surface area (Å²) in [5, 5.41) is 2.90. The molecule has 0 spiro atoms. The van der Waals surface area contributed by atoms with Gasteiger partial charge >= 0.3 is 0 Å². The molecule has 140 valence electrons. The maximum absolute atomic E-state index is 12.3. The second kappa shape index (κ2) is 8.16. The number of Topliss-reactive ketones (excluding diaryl/α,β-unsaturated/α-hetero) is 1. The van der Waals surface area contributed by atoms with Gasteiger partial charge in [-0.15, -0.1) is 0 Å². The van der Waals surface area contributed by atoms with Gasteiger partial charge in [-0.25, -0.2) is 4.98 Å². The van der Waals surface area contributed by atoms with Crippen LogP contribution in [0.3, 0.4) is 0 Å². The van der Waals surface area contributed by atoms with E-state index < -0.39 is 0 Å². The van der Waals surface area contributed by atoms with Gasteiger partial charge in [0.1, 0.15) is 5.82 Å². The Kier molecular flexibility index (Phi) is 5.69. The fraction of sp³-hybridized carbons (Fsp3) is 0.318. The van der Waals surface area contributed by atoms with Crippen LogP contribution >= 0.6 is 0 Å². The van der Waals surface area contributed by atoms with E-state index in [1.54, 1.807) is 0 Å². The summed E-state index contributed by atoms with van der Waals surface area (Å²) in [4.78, 5) is 28.9. The zero-order valence-electron chi connectivity index (χ0n) is 16.1. The number of carbonyl (C=O) groups is 2. The highest BCUT2D eigenvalue weighted by molar-refractivity contribution is 5.98. The minimum Gasteiger partial charge on any atom is -0.354 e. The number of carbonyl (C=O) groups excluding carboxylic acids is 2. The Bertz CT molecular complexity index is 988. The topological polar surface area (TPSA) is 64.0 Å². The van der Waals surface area contributed by atoms with Gasteiger partial charge in [-0.1, -0.05) is 24.3 Å². The number of nitrogens with zero attached hydrogens (tertiary/aromatic N) is 2. The van der Waals surface area contributed by atoms with Crippen molar-refractivity contribution in [3.8, 4) is 0 Å². The molecule has 1 aromatic heterocycles. The summed E-state index contributed by atoms with van der Waals surface area (Å²) in [6, 6.07) is 13.6. The number of fused-ring (bicyclic) bond motifs is 1. The number of hydrogen-bond acceptors (Lipinski definition) is 3. The molecule has 5 nitrogen and oxygen atoms in total. The van der Waals surface area contributed by atoms with Crippen molar-refractivity contribution >= 4 is 22.7 Å². The van der Waals surface area contributed by atoms with Crippen molar-refractivity contribution in [1.82, 2.24) is 14.9 Å². The fourth-order valence-corrected chi connectivity index (χ4v) is 3.16. The van der Waals surface area contributed by atoms with Crippen molar-refractivity contribution in [2.75, 3.05) is 6.54 Å². The SMILES string of the molecule is Cc1ccc(C(=O)CCC(=O)NCCn2c(C)nc3ccccc32)cc1C. The van der Waals surface area contributed by atoms with Crippen LogP contribution in [-0.4, -0.2) is 27.8 Å². The van der Waals surface area contributed by atoms with E-state index in [0.29, 0.717) is 18.7 Å². The van der Waals surface area contributed by atoms with Crippen LogP contribution in [0.2, 0.25) is 0 Å². The molecule has 0 saturated heterocycles. The normalized spacial score (nSPS) is 10.9. The summed E-state index contributed by atoms with van der Waals surface area (Å²) in [7, 11) is 0. The van der Waals surface area contributed by atoms with Gasteiger partial charge in [0.05, 0.1) is 11.0 Å². The predicted octanol–water partition coefficient (Wildman–Crippen LogP) is 3.74. The Hall–Kier alpha value is -2.95. The van der Waals surface area contributed by atoms with Crippen molar-refractivity contribution in [1.29, 1.82) is 0 Å². The Morgan fingerprint density at radius 1 is 1.00 bits per heavy atom. The highest BCUT2D eigenvalue weighted by Gasteiger charge is 2.11. The molecule has 3 aromatic rings. The maximum Gasteiger partial charge on any atom is 0.220 e. The van der Waals surface area contributed by atoms with Gasteiger partial charge in [0.25, 0.3) is 0 Å². The van der Waals surface area contributed by atoms with Crippen LogP contribution in [0.15, 0.2) is 42.5 Å². The molecular weight excluding hydrogens is 338 g/mol. The molecule has 1 heterocycles. The molecular formula is C22H25N3O2. The van der Waals surface area contributed by atoms with Gasteiger partial charge in [-0.05, 0) is 50.1 Å². The molecule has 0 bridgehead atoms. The number of benzene rings is 2. The monoisotopic (exact) mass is 363 g/mol. The number of nitrogens with one attached hydrogen (secondary N) is 1. The average Bonchev–Trinajstić information content (AvgIpc) is 2.97. The Labute approximate surface area is 159 Å². The molecule has 0 atom stereocenters. The number of rotatable bonds is 7. The molecule has 27 heavy (non-hydrogen) atoms. The number of aromatic nitrogens is 2. The molecule has 0 saturated carbocycles. The minimum absolute atomic E-state index is 0.00435. The summed E-state index contributed by atoms with van der Waals surface area (Å²) >= 11 is 0. The third kappa shape index (κ3) is 4.42. The smallest absolute Gasteiger partial charge is 0.220 e.